The van der Waals surface area contributed by atoms with Crippen LogP contribution in [0.1, 0.15) is 24.0 Å². The van der Waals surface area contributed by atoms with Gasteiger partial charge in [0.15, 0.2) is 0 Å². The van der Waals surface area contributed by atoms with Gasteiger partial charge >= 0.3 is 0 Å². The summed E-state index contributed by atoms with van der Waals surface area (Å²) in [6, 6.07) is 14.8. The summed E-state index contributed by atoms with van der Waals surface area (Å²) in [6.07, 6.45) is 1.81. The molecular weight excluding hydrogens is 376 g/mol. The first kappa shape index (κ1) is 19.0. The Hall–Kier alpha value is -2.38. The van der Waals surface area contributed by atoms with Crippen LogP contribution in [0.5, 0.6) is 5.75 Å². The molecule has 7 heteroatoms. The third-order valence-corrected chi connectivity index (χ3v) is 7.33. The monoisotopic (exact) mass is 400 g/mol. The van der Waals surface area contributed by atoms with Crippen molar-refractivity contribution in [2.24, 2.45) is 5.92 Å². The Kier molecular flexibility index (Phi) is 5.37. The summed E-state index contributed by atoms with van der Waals surface area (Å²) < 4.78 is 32.9. The van der Waals surface area contributed by atoms with Crippen LogP contribution >= 0.6 is 0 Å². The molecule has 0 bridgehead atoms. The highest BCUT2D eigenvalue weighted by Crippen LogP contribution is 2.30. The molecule has 0 atom stereocenters. The molecule has 0 unspecified atom stereocenters. The van der Waals surface area contributed by atoms with Gasteiger partial charge in [0.25, 0.3) is 0 Å². The van der Waals surface area contributed by atoms with E-state index in [1.54, 1.807) is 18.2 Å². The van der Waals surface area contributed by atoms with Gasteiger partial charge in [-0.2, -0.15) is 4.31 Å². The predicted octanol–water partition coefficient (Wildman–Crippen LogP) is 2.34. The summed E-state index contributed by atoms with van der Waals surface area (Å²) >= 11 is 0. The lowest BCUT2D eigenvalue weighted by Gasteiger charge is -2.30. The summed E-state index contributed by atoms with van der Waals surface area (Å²) in [5.74, 6) is 0.618. The summed E-state index contributed by atoms with van der Waals surface area (Å²) in [5, 5.41) is 2.96. The number of carbonyl (C=O) groups is 1. The molecule has 2 heterocycles. The van der Waals surface area contributed by atoms with Crippen LogP contribution in [0, 0.1) is 5.92 Å². The number of carbonyl (C=O) groups excluding carboxylic acids is 1. The molecule has 6 nitrogen and oxygen atoms in total. The predicted molar refractivity (Wildman–Crippen MR) is 105 cm³/mol. The van der Waals surface area contributed by atoms with Crippen molar-refractivity contribution in [2.45, 2.75) is 30.7 Å². The fourth-order valence-corrected chi connectivity index (χ4v) is 5.28. The minimum Gasteiger partial charge on any atom is -0.493 e. The molecule has 2 aliphatic heterocycles. The molecule has 1 saturated heterocycles. The molecule has 1 fully saturated rings. The van der Waals surface area contributed by atoms with Crippen LogP contribution < -0.4 is 10.1 Å². The molecule has 4 rings (SSSR count). The molecule has 0 aliphatic carbocycles. The Morgan fingerprint density at radius 2 is 1.86 bits per heavy atom. The van der Waals surface area contributed by atoms with Gasteiger partial charge in [-0.25, -0.2) is 8.42 Å². The quantitative estimate of drug-likeness (QED) is 0.836. The number of fused-ring (bicyclic) bond motifs is 1. The van der Waals surface area contributed by atoms with Crippen LogP contribution in [-0.2, 0) is 27.8 Å². The minimum absolute atomic E-state index is 0.00409. The van der Waals surface area contributed by atoms with Gasteiger partial charge in [-0.05, 0) is 42.2 Å². The fraction of sp³-hybridized carbons (Fsp3) is 0.381. The van der Waals surface area contributed by atoms with Crippen LogP contribution in [0.25, 0.3) is 0 Å². The lowest BCUT2D eigenvalue weighted by atomic mass is 9.97. The van der Waals surface area contributed by atoms with Gasteiger partial charge < -0.3 is 10.1 Å². The second-order valence-electron chi connectivity index (χ2n) is 7.25. The second-order valence-corrected chi connectivity index (χ2v) is 9.19. The Morgan fingerprint density at radius 3 is 2.61 bits per heavy atom. The van der Waals surface area contributed by atoms with Gasteiger partial charge in [0.1, 0.15) is 5.75 Å². The molecule has 2 aromatic carbocycles. The van der Waals surface area contributed by atoms with Crippen molar-refractivity contribution in [3.8, 4) is 5.75 Å². The number of rotatable bonds is 5. The van der Waals surface area contributed by atoms with Crippen molar-refractivity contribution in [1.29, 1.82) is 0 Å². The largest absolute Gasteiger partial charge is 0.493 e. The number of benzene rings is 2. The lowest BCUT2D eigenvalue weighted by molar-refractivity contribution is -0.126. The summed E-state index contributed by atoms with van der Waals surface area (Å²) in [5.41, 5.74) is 1.99. The van der Waals surface area contributed by atoms with E-state index >= 15 is 0 Å². The van der Waals surface area contributed by atoms with Crippen LogP contribution in [0.2, 0.25) is 0 Å². The Bertz CT molecular complexity index is 952. The molecule has 1 amide bonds. The number of nitrogens with one attached hydrogen (secondary N) is 1. The molecule has 28 heavy (non-hydrogen) atoms. The standard InChI is InChI=1S/C21H24N2O4S/c24-21(22-15-16-4-2-1-3-5-16)17-8-11-23(12-9-17)28(25,26)19-6-7-20-18(14-19)10-13-27-20/h1-7,14,17H,8-13,15H2,(H,22,24). The minimum atomic E-state index is -3.54. The van der Waals surface area contributed by atoms with Gasteiger partial charge in [0.2, 0.25) is 15.9 Å². The van der Waals surface area contributed by atoms with Crippen molar-refractivity contribution in [3.05, 3.63) is 59.7 Å². The van der Waals surface area contributed by atoms with Crippen molar-refractivity contribution < 1.29 is 17.9 Å². The van der Waals surface area contributed by atoms with Crippen LogP contribution in [0.3, 0.4) is 0 Å². The normalized spacial score (nSPS) is 17.7. The second kappa shape index (κ2) is 7.93. The molecule has 2 aromatic rings. The van der Waals surface area contributed by atoms with Crippen LogP contribution in [0.4, 0.5) is 0 Å². The Balaban J connectivity index is 1.35. The highest BCUT2D eigenvalue weighted by Gasteiger charge is 2.32. The van der Waals surface area contributed by atoms with Gasteiger partial charge in [-0.3, -0.25) is 4.79 Å². The number of nitrogens with zero attached hydrogens (tertiary/aromatic N) is 1. The van der Waals surface area contributed by atoms with E-state index < -0.39 is 10.0 Å². The average molecular weight is 401 g/mol. The van der Waals surface area contributed by atoms with E-state index in [0.29, 0.717) is 44.0 Å². The molecule has 148 valence electrons. The zero-order chi connectivity index (χ0) is 19.6. The molecule has 0 spiro atoms. The summed E-state index contributed by atoms with van der Waals surface area (Å²) in [4.78, 5) is 12.7. The lowest BCUT2D eigenvalue weighted by Crippen LogP contribution is -2.42. The topological polar surface area (TPSA) is 75.7 Å². The number of piperidine rings is 1. The summed E-state index contributed by atoms with van der Waals surface area (Å²) in [7, 11) is -3.54. The van der Waals surface area contributed by atoms with E-state index in [0.717, 1.165) is 23.3 Å². The van der Waals surface area contributed by atoms with E-state index in [4.69, 9.17) is 4.74 Å². The number of ether oxygens (including phenoxy) is 1. The Labute approximate surface area is 165 Å². The molecular formula is C21H24N2O4S. The van der Waals surface area contributed by atoms with E-state index in [-0.39, 0.29) is 11.8 Å². The number of sulfonamides is 1. The molecule has 1 N–H and O–H groups in total. The maximum Gasteiger partial charge on any atom is 0.243 e. The van der Waals surface area contributed by atoms with Crippen LogP contribution in [0.15, 0.2) is 53.4 Å². The number of amides is 1. The van der Waals surface area contributed by atoms with Crippen molar-refractivity contribution in [1.82, 2.24) is 9.62 Å². The first-order valence-corrected chi connectivity index (χ1v) is 11.1. The third-order valence-electron chi connectivity index (χ3n) is 5.43. The van der Waals surface area contributed by atoms with E-state index in [2.05, 4.69) is 5.32 Å². The zero-order valence-electron chi connectivity index (χ0n) is 15.6. The van der Waals surface area contributed by atoms with E-state index in [9.17, 15) is 13.2 Å². The fourth-order valence-electron chi connectivity index (χ4n) is 3.76. The van der Waals surface area contributed by atoms with Gasteiger partial charge in [0.05, 0.1) is 11.5 Å². The van der Waals surface area contributed by atoms with Crippen molar-refractivity contribution in [2.75, 3.05) is 19.7 Å². The van der Waals surface area contributed by atoms with Gasteiger partial charge in [-0.15, -0.1) is 0 Å². The number of hydrogen-bond donors (Lipinski definition) is 1. The SMILES string of the molecule is O=C(NCc1ccccc1)C1CCN(S(=O)(=O)c2ccc3c(c2)CCO3)CC1. The molecule has 0 radical (unpaired) electrons. The molecule has 0 saturated carbocycles. The first-order chi connectivity index (χ1) is 13.5. The Morgan fingerprint density at radius 1 is 1.11 bits per heavy atom. The van der Waals surface area contributed by atoms with Gasteiger partial charge in [0, 0.05) is 32.0 Å². The van der Waals surface area contributed by atoms with Crippen molar-refractivity contribution >= 4 is 15.9 Å². The maximum absolute atomic E-state index is 13.0. The van der Waals surface area contributed by atoms with Crippen molar-refractivity contribution in [3.63, 3.8) is 0 Å². The van der Waals surface area contributed by atoms with Gasteiger partial charge in [-0.1, -0.05) is 30.3 Å². The van der Waals surface area contributed by atoms with E-state index in [1.165, 1.54) is 4.31 Å². The molecule has 2 aliphatic rings. The van der Waals surface area contributed by atoms with E-state index in [1.807, 2.05) is 30.3 Å². The smallest absolute Gasteiger partial charge is 0.243 e. The molecule has 0 aromatic heterocycles. The number of hydrogen-bond acceptors (Lipinski definition) is 4. The maximum atomic E-state index is 13.0. The highest BCUT2D eigenvalue weighted by atomic mass is 32.2. The summed E-state index contributed by atoms with van der Waals surface area (Å²) in [6.45, 7) is 1.82. The zero-order valence-corrected chi connectivity index (χ0v) is 16.5. The average Bonchev–Trinajstić information content (AvgIpc) is 3.21. The van der Waals surface area contributed by atoms with Crippen LogP contribution in [-0.4, -0.2) is 38.3 Å². The first-order valence-electron chi connectivity index (χ1n) is 9.61. The third kappa shape index (κ3) is 3.91. The highest BCUT2D eigenvalue weighted by molar-refractivity contribution is 7.89.